The number of carbonyl (C=O) groups excluding carboxylic acids is 1. The molecule has 0 saturated heterocycles. The van der Waals surface area contributed by atoms with E-state index in [1.807, 2.05) is 48.5 Å². The van der Waals surface area contributed by atoms with Crippen LogP contribution < -0.4 is 0 Å². The van der Waals surface area contributed by atoms with Crippen LogP contribution in [0.4, 0.5) is 0 Å². The van der Waals surface area contributed by atoms with Crippen LogP contribution in [0.3, 0.4) is 0 Å². The Balaban J connectivity index is 1.66. The van der Waals surface area contributed by atoms with Crippen LogP contribution in [0, 0.1) is 0 Å². The third-order valence-electron chi connectivity index (χ3n) is 4.26. The number of carbonyl (C=O) groups is 1. The van der Waals surface area contributed by atoms with Crippen LogP contribution in [0.1, 0.15) is 40.7 Å². The number of aromatic nitrogens is 2. The maximum atomic E-state index is 12.9. The number of furan rings is 1. The summed E-state index contributed by atoms with van der Waals surface area (Å²) in [5.41, 5.74) is 2.50. The summed E-state index contributed by atoms with van der Waals surface area (Å²) in [5.74, 6) is 1.20. The van der Waals surface area contributed by atoms with Gasteiger partial charge in [0.05, 0.1) is 24.2 Å². The van der Waals surface area contributed by atoms with Gasteiger partial charge in [0.2, 0.25) is 0 Å². The summed E-state index contributed by atoms with van der Waals surface area (Å²) < 4.78 is 7.10. The van der Waals surface area contributed by atoms with Gasteiger partial charge in [-0.25, -0.2) is 4.68 Å². The van der Waals surface area contributed by atoms with Crippen molar-refractivity contribution in [3.8, 4) is 5.69 Å². The molecule has 3 aromatic rings. The van der Waals surface area contributed by atoms with Crippen LogP contribution in [-0.4, -0.2) is 27.6 Å². The summed E-state index contributed by atoms with van der Waals surface area (Å²) in [7, 11) is 1.78. The molecule has 0 bridgehead atoms. The first-order valence-electron chi connectivity index (χ1n) is 8.15. The molecule has 0 radical (unpaired) electrons. The van der Waals surface area contributed by atoms with Crippen molar-refractivity contribution in [3.63, 3.8) is 0 Å². The number of benzene rings is 1. The second-order valence-electron chi connectivity index (χ2n) is 6.22. The predicted octanol–water partition coefficient (Wildman–Crippen LogP) is 3.61. The van der Waals surface area contributed by atoms with Gasteiger partial charge in [0, 0.05) is 13.0 Å². The van der Waals surface area contributed by atoms with Crippen molar-refractivity contribution in [1.82, 2.24) is 14.7 Å². The van der Waals surface area contributed by atoms with Crippen molar-refractivity contribution < 1.29 is 9.21 Å². The molecule has 1 aliphatic rings. The molecule has 1 aromatic carbocycles. The summed E-state index contributed by atoms with van der Waals surface area (Å²) in [6, 6.07) is 15.4. The molecule has 122 valence electrons. The van der Waals surface area contributed by atoms with Gasteiger partial charge >= 0.3 is 0 Å². The zero-order valence-electron chi connectivity index (χ0n) is 13.6. The molecular weight excluding hydrogens is 302 g/mol. The van der Waals surface area contributed by atoms with Gasteiger partial charge in [-0.2, -0.15) is 5.10 Å². The molecular formula is C19H19N3O2. The molecule has 5 heteroatoms. The SMILES string of the molecule is CN(Cc1ccco1)C(=O)c1cc(C2CC2)nn1-c1ccccc1. The van der Waals surface area contributed by atoms with E-state index in [4.69, 9.17) is 4.42 Å². The van der Waals surface area contributed by atoms with Gasteiger partial charge in [-0.15, -0.1) is 0 Å². The molecule has 0 N–H and O–H groups in total. The van der Waals surface area contributed by atoms with Gasteiger partial charge in [0.1, 0.15) is 11.5 Å². The van der Waals surface area contributed by atoms with Crippen molar-refractivity contribution in [3.05, 3.63) is 71.9 Å². The minimum absolute atomic E-state index is 0.0605. The van der Waals surface area contributed by atoms with Crippen molar-refractivity contribution >= 4 is 5.91 Å². The summed E-state index contributed by atoms with van der Waals surface area (Å²) in [6.07, 6.45) is 3.93. The molecule has 1 aliphatic carbocycles. The lowest BCUT2D eigenvalue weighted by Crippen LogP contribution is -2.28. The van der Waals surface area contributed by atoms with Crippen molar-refractivity contribution in [1.29, 1.82) is 0 Å². The molecule has 1 fully saturated rings. The maximum Gasteiger partial charge on any atom is 0.272 e. The van der Waals surface area contributed by atoms with Crippen LogP contribution in [-0.2, 0) is 6.54 Å². The molecule has 2 aromatic heterocycles. The summed E-state index contributed by atoms with van der Waals surface area (Å²) in [5, 5.41) is 4.69. The highest BCUT2D eigenvalue weighted by atomic mass is 16.3. The van der Waals surface area contributed by atoms with Gasteiger partial charge in [-0.05, 0) is 43.2 Å². The Morgan fingerprint density at radius 3 is 2.71 bits per heavy atom. The van der Waals surface area contributed by atoms with Gasteiger partial charge in [0.25, 0.3) is 5.91 Å². The van der Waals surface area contributed by atoms with Gasteiger partial charge in [-0.3, -0.25) is 4.79 Å². The monoisotopic (exact) mass is 321 g/mol. The smallest absolute Gasteiger partial charge is 0.272 e. The Kier molecular flexibility index (Phi) is 3.69. The highest BCUT2D eigenvalue weighted by Crippen LogP contribution is 2.39. The Morgan fingerprint density at radius 2 is 2.04 bits per heavy atom. The molecule has 24 heavy (non-hydrogen) atoms. The third-order valence-corrected chi connectivity index (χ3v) is 4.26. The predicted molar refractivity (Wildman–Crippen MR) is 90.0 cm³/mol. The molecule has 0 aliphatic heterocycles. The first-order chi connectivity index (χ1) is 11.7. The van der Waals surface area contributed by atoms with E-state index in [1.165, 1.54) is 0 Å². The minimum Gasteiger partial charge on any atom is -0.467 e. The average Bonchev–Trinajstić information content (AvgIpc) is 3.16. The lowest BCUT2D eigenvalue weighted by Gasteiger charge is -2.16. The first kappa shape index (κ1) is 14.8. The highest BCUT2D eigenvalue weighted by molar-refractivity contribution is 5.93. The van der Waals surface area contributed by atoms with E-state index in [9.17, 15) is 4.79 Å². The van der Waals surface area contributed by atoms with Gasteiger partial charge in [0.15, 0.2) is 0 Å². The van der Waals surface area contributed by atoms with Crippen LogP contribution in [0.5, 0.6) is 0 Å². The topological polar surface area (TPSA) is 51.3 Å². The fourth-order valence-electron chi connectivity index (χ4n) is 2.80. The quantitative estimate of drug-likeness (QED) is 0.721. The molecule has 1 saturated carbocycles. The number of para-hydroxylation sites is 1. The van der Waals surface area contributed by atoms with Gasteiger partial charge in [-0.1, -0.05) is 18.2 Å². The second-order valence-corrected chi connectivity index (χ2v) is 6.22. The van der Waals surface area contributed by atoms with Crippen molar-refractivity contribution in [2.75, 3.05) is 7.05 Å². The van der Waals surface area contributed by atoms with E-state index in [2.05, 4.69) is 5.10 Å². The molecule has 5 nitrogen and oxygen atoms in total. The number of rotatable bonds is 5. The minimum atomic E-state index is -0.0605. The molecule has 1 amide bonds. The normalized spacial score (nSPS) is 13.9. The zero-order chi connectivity index (χ0) is 16.5. The lowest BCUT2D eigenvalue weighted by molar-refractivity contribution is 0.0766. The van der Waals surface area contributed by atoms with E-state index in [1.54, 1.807) is 22.9 Å². The van der Waals surface area contributed by atoms with Crippen LogP contribution in [0.15, 0.2) is 59.2 Å². The summed E-state index contributed by atoms with van der Waals surface area (Å²) >= 11 is 0. The Labute approximate surface area is 140 Å². The van der Waals surface area contributed by atoms with Crippen LogP contribution >= 0.6 is 0 Å². The average molecular weight is 321 g/mol. The third kappa shape index (κ3) is 2.85. The molecule has 4 rings (SSSR count). The lowest BCUT2D eigenvalue weighted by atomic mass is 10.2. The van der Waals surface area contributed by atoms with Crippen LogP contribution in [0.25, 0.3) is 5.69 Å². The summed E-state index contributed by atoms with van der Waals surface area (Å²) in [6.45, 7) is 0.435. The van der Waals surface area contributed by atoms with E-state index in [-0.39, 0.29) is 5.91 Å². The summed E-state index contributed by atoms with van der Waals surface area (Å²) in [4.78, 5) is 14.6. The highest BCUT2D eigenvalue weighted by Gasteiger charge is 2.29. The fraction of sp³-hybridized carbons (Fsp3) is 0.263. The van der Waals surface area contributed by atoms with E-state index < -0.39 is 0 Å². The van der Waals surface area contributed by atoms with E-state index in [0.717, 1.165) is 30.0 Å². The number of amides is 1. The molecule has 0 spiro atoms. The Morgan fingerprint density at radius 1 is 1.25 bits per heavy atom. The second kappa shape index (κ2) is 6.00. The van der Waals surface area contributed by atoms with E-state index >= 15 is 0 Å². The first-order valence-corrected chi connectivity index (χ1v) is 8.15. The number of hydrogen-bond donors (Lipinski definition) is 0. The van der Waals surface area contributed by atoms with Crippen LogP contribution in [0.2, 0.25) is 0 Å². The van der Waals surface area contributed by atoms with E-state index in [0.29, 0.717) is 18.2 Å². The van der Waals surface area contributed by atoms with Gasteiger partial charge < -0.3 is 9.32 Å². The number of nitrogens with zero attached hydrogens (tertiary/aromatic N) is 3. The van der Waals surface area contributed by atoms with Crippen molar-refractivity contribution in [2.45, 2.75) is 25.3 Å². The molecule has 0 atom stereocenters. The molecule has 2 heterocycles. The fourth-order valence-corrected chi connectivity index (χ4v) is 2.80. The Hall–Kier alpha value is -2.82. The van der Waals surface area contributed by atoms with Crippen molar-refractivity contribution in [2.24, 2.45) is 0 Å². The maximum absolute atomic E-state index is 12.9. The largest absolute Gasteiger partial charge is 0.467 e. The standard InChI is InChI=1S/C19H19N3O2/c1-21(13-16-8-5-11-24-16)19(23)18-12-17(14-9-10-14)20-22(18)15-6-3-2-4-7-15/h2-8,11-12,14H,9-10,13H2,1H3. The number of hydrogen-bond acceptors (Lipinski definition) is 3. The Bertz CT molecular complexity index is 833. The molecule has 0 unspecified atom stereocenters. The zero-order valence-corrected chi connectivity index (χ0v) is 13.6.